The Morgan fingerprint density at radius 2 is 1.21 bits per heavy atom. The predicted octanol–water partition coefficient (Wildman–Crippen LogP) is 7.35. The Labute approximate surface area is 256 Å². The third-order valence-corrected chi connectivity index (χ3v) is 9.35. The number of unbranched alkanes of at least 4 members (excludes halogenated alkanes) is 12. The highest BCUT2D eigenvalue weighted by molar-refractivity contribution is 5.83. The van der Waals surface area contributed by atoms with Crippen molar-refractivity contribution in [1.29, 1.82) is 0 Å². The number of hydrogen-bond donors (Lipinski definition) is 3. The minimum absolute atomic E-state index is 0.0338. The minimum Gasteiger partial charge on any atom is -0.462 e. The van der Waals surface area contributed by atoms with Crippen LogP contribution in [0.3, 0.4) is 0 Å². The van der Waals surface area contributed by atoms with E-state index in [0.29, 0.717) is 12.8 Å². The van der Waals surface area contributed by atoms with Crippen LogP contribution in [0.2, 0.25) is 0 Å². The molecule has 2 heterocycles. The lowest BCUT2D eigenvalue weighted by atomic mass is 9.96. The number of hydrogen-bond acceptors (Lipinski definition) is 7. The number of rotatable bonds is 26. The largest absolute Gasteiger partial charge is 0.462 e. The van der Waals surface area contributed by atoms with Crippen molar-refractivity contribution in [2.24, 2.45) is 5.92 Å². The summed E-state index contributed by atoms with van der Waals surface area (Å²) >= 11 is 0. The normalized spacial score (nSPS) is 24.5. The first kappa shape index (κ1) is 37.2. The molecule has 0 spiro atoms. The van der Waals surface area contributed by atoms with Gasteiger partial charge in [0.1, 0.15) is 11.9 Å². The van der Waals surface area contributed by atoms with Crippen molar-refractivity contribution < 1.29 is 34.4 Å². The molecule has 42 heavy (non-hydrogen) atoms. The van der Waals surface area contributed by atoms with E-state index in [9.17, 15) is 24.9 Å². The third kappa shape index (κ3) is 16.2. The lowest BCUT2D eigenvalue weighted by molar-refractivity contribution is -0.145. The lowest BCUT2D eigenvalue weighted by Gasteiger charge is -2.22. The molecule has 0 bridgehead atoms. The molecule has 2 aliphatic rings. The molecule has 0 unspecified atom stereocenters. The summed E-state index contributed by atoms with van der Waals surface area (Å²) in [5.74, 6) is -0.459. The van der Waals surface area contributed by atoms with Crippen molar-refractivity contribution in [1.82, 2.24) is 0 Å². The number of ether oxygens (including phenoxy) is 2. The van der Waals surface area contributed by atoms with Crippen LogP contribution in [0.1, 0.15) is 168 Å². The SMILES string of the molecule is CCCCCCCCCCCC[C@H](O)[C@H]1CC[C@H]([C@H](O)CCCC[C@H](O)CCCCC[C@@H]2C[C@H](CC(C)=O)C(=O)O2)O1. The van der Waals surface area contributed by atoms with Gasteiger partial charge in [0.05, 0.1) is 36.4 Å². The van der Waals surface area contributed by atoms with Crippen LogP contribution >= 0.6 is 0 Å². The summed E-state index contributed by atoms with van der Waals surface area (Å²) in [6, 6.07) is 0. The number of carbonyl (C=O) groups is 2. The van der Waals surface area contributed by atoms with Gasteiger partial charge in [-0.2, -0.15) is 0 Å². The van der Waals surface area contributed by atoms with Crippen molar-refractivity contribution in [3.05, 3.63) is 0 Å². The Bertz CT molecular complexity index is 713. The standard InChI is InChI=1S/C35H64O7/c1-3-4-5-6-7-8-9-10-11-15-21-31(38)33-23-24-34(42-33)32(39)22-17-16-19-29(37)18-13-12-14-20-30-26-28(25-27(2)36)35(40)41-30/h28-34,37-39H,3-26H2,1-2H3/t28-,29+,30+,31-,32+,33+,34+/m0/s1. The second kappa shape index (κ2) is 22.5. The first-order valence-corrected chi connectivity index (χ1v) is 17.7. The van der Waals surface area contributed by atoms with Crippen LogP contribution in [-0.4, -0.2) is 63.7 Å². The van der Waals surface area contributed by atoms with Gasteiger partial charge in [0.25, 0.3) is 0 Å². The van der Waals surface area contributed by atoms with Crippen molar-refractivity contribution in [2.45, 2.75) is 205 Å². The molecule has 0 aromatic carbocycles. The maximum atomic E-state index is 11.8. The van der Waals surface area contributed by atoms with Crippen molar-refractivity contribution >= 4 is 11.8 Å². The van der Waals surface area contributed by atoms with Gasteiger partial charge in [-0.3, -0.25) is 4.79 Å². The molecular formula is C35H64O7. The van der Waals surface area contributed by atoms with Gasteiger partial charge in [0, 0.05) is 6.42 Å². The smallest absolute Gasteiger partial charge is 0.309 e. The van der Waals surface area contributed by atoms with Gasteiger partial charge in [0.2, 0.25) is 0 Å². The Morgan fingerprint density at radius 3 is 1.79 bits per heavy atom. The fourth-order valence-electron chi connectivity index (χ4n) is 6.69. The maximum Gasteiger partial charge on any atom is 0.309 e. The molecule has 2 saturated heterocycles. The summed E-state index contributed by atoms with van der Waals surface area (Å²) in [7, 11) is 0. The van der Waals surface area contributed by atoms with Gasteiger partial charge in [-0.1, -0.05) is 96.8 Å². The molecule has 0 radical (unpaired) electrons. The second-order valence-electron chi connectivity index (χ2n) is 13.4. The molecule has 7 heteroatoms. The molecule has 3 N–H and O–H groups in total. The number of cyclic esters (lactones) is 1. The lowest BCUT2D eigenvalue weighted by Crippen LogP contribution is -2.31. The zero-order valence-electron chi connectivity index (χ0n) is 27.0. The summed E-state index contributed by atoms with van der Waals surface area (Å²) in [5, 5.41) is 31.6. The molecule has 0 aromatic heterocycles. The minimum atomic E-state index is -0.503. The average Bonchev–Trinajstić information content (AvgIpc) is 3.58. The summed E-state index contributed by atoms with van der Waals surface area (Å²) in [6.45, 7) is 3.77. The Balaban J connectivity index is 1.41. The van der Waals surface area contributed by atoms with E-state index in [1.54, 1.807) is 0 Å². The van der Waals surface area contributed by atoms with E-state index in [4.69, 9.17) is 9.47 Å². The molecule has 7 atom stereocenters. The van der Waals surface area contributed by atoms with E-state index in [1.165, 1.54) is 64.7 Å². The zero-order valence-corrected chi connectivity index (χ0v) is 27.0. The highest BCUT2D eigenvalue weighted by atomic mass is 16.6. The highest BCUT2D eigenvalue weighted by Crippen LogP contribution is 2.29. The van der Waals surface area contributed by atoms with Crippen LogP contribution in [0.25, 0.3) is 0 Å². The highest BCUT2D eigenvalue weighted by Gasteiger charge is 2.35. The third-order valence-electron chi connectivity index (χ3n) is 9.35. The van der Waals surface area contributed by atoms with E-state index in [-0.39, 0.29) is 48.5 Å². The number of carbonyl (C=O) groups excluding carboxylic acids is 2. The van der Waals surface area contributed by atoms with E-state index >= 15 is 0 Å². The molecule has 2 aliphatic heterocycles. The second-order valence-corrected chi connectivity index (χ2v) is 13.4. The van der Waals surface area contributed by atoms with Crippen LogP contribution < -0.4 is 0 Å². The molecule has 0 amide bonds. The van der Waals surface area contributed by atoms with E-state index in [0.717, 1.165) is 77.0 Å². The zero-order chi connectivity index (χ0) is 30.6. The van der Waals surface area contributed by atoms with Gasteiger partial charge >= 0.3 is 5.97 Å². The predicted molar refractivity (Wildman–Crippen MR) is 167 cm³/mol. The average molecular weight is 597 g/mol. The quantitative estimate of drug-likeness (QED) is 0.0707. The fraction of sp³-hybridized carbons (Fsp3) is 0.943. The Morgan fingerprint density at radius 1 is 0.738 bits per heavy atom. The molecule has 0 aromatic rings. The first-order valence-electron chi connectivity index (χ1n) is 17.7. The summed E-state index contributed by atoms with van der Waals surface area (Å²) in [5.41, 5.74) is 0. The first-order chi connectivity index (χ1) is 20.3. The number of aliphatic hydroxyl groups is 3. The van der Waals surface area contributed by atoms with Crippen LogP contribution in [0.4, 0.5) is 0 Å². The maximum absolute atomic E-state index is 11.8. The van der Waals surface area contributed by atoms with Crippen LogP contribution in [0, 0.1) is 5.92 Å². The van der Waals surface area contributed by atoms with Gasteiger partial charge in [0.15, 0.2) is 0 Å². The van der Waals surface area contributed by atoms with Gasteiger partial charge in [-0.25, -0.2) is 0 Å². The van der Waals surface area contributed by atoms with Crippen LogP contribution in [0.15, 0.2) is 0 Å². The van der Waals surface area contributed by atoms with Gasteiger partial charge in [-0.05, 0) is 64.7 Å². The summed E-state index contributed by atoms with van der Waals surface area (Å²) < 4.78 is 11.5. The number of ketones is 1. The molecule has 7 nitrogen and oxygen atoms in total. The van der Waals surface area contributed by atoms with Crippen LogP contribution in [0.5, 0.6) is 0 Å². The molecule has 2 rings (SSSR count). The molecule has 0 saturated carbocycles. The molecular weight excluding hydrogens is 532 g/mol. The van der Waals surface area contributed by atoms with Crippen molar-refractivity contribution in [2.75, 3.05) is 0 Å². The van der Waals surface area contributed by atoms with E-state index < -0.39 is 12.2 Å². The molecule has 246 valence electrons. The number of aliphatic hydroxyl groups excluding tert-OH is 3. The monoisotopic (exact) mass is 596 g/mol. The molecule has 0 aliphatic carbocycles. The van der Waals surface area contributed by atoms with Gasteiger partial charge < -0.3 is 29.6 Å². The summed E-state index contributed by atoms with van der Waals surface area (Å²) in [4.78, 5) is 23.1. The van der Waals surface area contributed by atoms with Crippen molar-refractivity contribution in [3.8, 4) is 0 Å². The van der Waals surface area contributed by atoms with E-state index in [2.05, 4.69) is 6.92 Å². The Kier molecular flexibility index (Phi) is 19.9. The summed E-state index contributed by atoms with van der Waals surface area (Å²) in [6.07, 6.45) is 22.2. The Hall–Kier alpha value is -1.02. The van der Waals surface area contributed by atoms with E-state index in [1.807, 2.05) is 0 Å². The van der Waals surface area contributed by atoms with Gasteiger partial charge in [-0.15, -0.1) is 0 Å². The van der Waals surface area contributed by atoms with Crippen LogP contribution in [-0.2, 0) is 19.1 Å². The van der Waals surface area contributed by atoms with Crippen molar-refractivity contribution in [3.63, 3.8) is 0 Å². The topological polar surface area (TPSA) is 113 Å². The molecule has 2 fully saturated rings. The number of Topliss-reactive ketones (excluding diaryl/α,β-unsaturated/α-hetero) is 1. The number of esters is 1. The fourth-order valence-corrected chi connectivity index (χ4v) is 6.69.